The van der Waals surface area contributed by atoms with E-state index in [-0.39, 0.29) is 5.91 Å². The van der Waals surface area contributed by atoms with Gasteiger partial charge < -0.3 is 5.32 Å². The van der Waals surface area contributed by atoms with Crippen LogP contribution >= 0.6 is 11.6 Å². The molecule has 126 valence electrons. The van der Waals surface area contributed by atoms with E-state index >= 15 is 0 Å². The van der Waals surface area contributed by atoms with Crippen LogP contribution in [0.2, 0.25) is 5.02 Å². The molecule has 0 aliphatic rings. The second-order valence-corrected chi connectivity index (χ2v) is 6.34. The number of para-hydroxylation sites is 1. The average molecular weight is 359 g/mol. The average Bonchev–Trinajstić information content (AvgIpc) is 2.68. The van der Waals surface area contributed by atoms with Gasteiger partial charge in [0.05, 0.1) is 16.8 Å². The zero-order valence-corrected chi connectivity index (χ0v) is 14.6. The molecule has 1 aromatic heterocycles. The van der Waals surface area contributed by atoms with Gasteiger partial charge in [-0.1, -0.05) is 66.2 Å². The fourth-order valence-corrected chi connectivity index (χ4v) is 3.08. The minimum Gasteiger partial charge on any atom is -0.322 e. The third-order valence-corrected chi connectivity index (χ3v) is 4.35. The molecule has 0 saturated heterocycles. The predicted molar refractivity (Wildman–Crippen MR) is 107 cm³/mol. The van der Waals surface area contributed by atoms with Gasteiger partial charge in [0, 0.05) is 21.7 Å². The van der Waals surface area contributed by atoms with E-state index in [1.165, 1.54) is 0 Å². The Balaban J connectivity index is 1.81. The van der Waals surface area contributed by atoms with Gasteiger partial charge in [-0.2, -0.15) is 0 Å². The third-order valence-electron chi connectivity index (χ3n) is 4.11. The molecule has 1 heterocycles. The molecule has 4 aromatic rings. The molecule has 3 aromatic carbocycles. The van der Waals surface area contributed by atoms with Gasteiger partial charge in [-0.3, -0.25) is 4.79 Å². The highest BCUT2D eigenvalue weighted by Crippen LogP contribution is 2.26. The van der Waals surface area contributed by atoms with Crippen LogP contribution in [0.4, 0.5) is 5.69 Å². The molecular formula is C22H15ClN2O. The molecule has 26 heavy (non-hydrogen) atoms. The summed E-state index contributed by atoms with van der Waals surface area (Å²) in [4.78, 5) is 17.6. The van der Waals surface area contributed by atoms with Gasteiger partial charge in [0.15, 0.2) is 0 Å². The lowest BCUT2D eigenvalue weighted by Crippen LogP contribution is -2.13. The van der Waals surface area contributed by atoms with Crippen molar-refractivity contribution >= 4 is 34.1 Å². The largest absolute Gasteiger partial charge is 0.322 e. The Bertz CT molecular complexity index is 1090. The van der Waals surface area contributed by atoms with E-state index in [4.69, 9.17) is 16.6 Å². The van der Waals surface area contributed by atoms with Crippen molar-refractivity contribution in [3.8, 4) is 11.3 Å². The van der Waals surface area contributed by atoms with Crippen LogP contribution in [0.3, 0.4) is 0 Å². The number of hydrogen-bond acceptors (Lipinski definition) is 2. The summed E-state index contributed by atoms with van der Waals surface area (Å²) in [5.41, 5.74) is 3.75. The molecule has 1 N–H and O–H groups in total. The van der Waals surface area contributed by atoms with Gasteiger partial charge in [0.2, 0.25) is 0 Å². The Morgan fingerprint density at radius 1 is 0.846 bits per heavy atom. The predicted octanol–water partition coefficient (Wildman–Crippen LogP) is 5.81. The van der Waals surface area contributed by atoms with Crippen LogP contribution in [0.5, 0.6) is 0 Å². The molecule has 0 aliphatic carbocycles. The number of nitrogens with one attached hydrogen (secondary N) is 1. The molecule has 4 rings (SSSR count). The number of fused-ring (bicyclic) bond motifs is 1. The van der Waals surface area contributed by atoms with E-state index in [1.54, 1.807) is 18.2 Å². The van der Waals surface area contributed by atoms with E-state index in [9.17, 15) is 4.79 Å². The van der Waals surface area contributed by atoms with Gasteiger partial charge >= 0.3 is 0 Å². The van der Waals surface area contributed by atoms with Crippen LogP contribution in [0.25, 0.3) is 22.2 Å². The van der Waals surface area contributed by atoms with Crippen LogP contribution in [-0.2, 0) is 0 Å². The topological polar surface area (TPSA) is 42.0 Å². The second-order valence-electron chi connectivity index (χ2n) is 5.90. The number of amides is 1. The quantitative estimate of drug-likeness (QED) is 0.502. The van der Waals surface area contributed by atoms with E-state index in [1.807, 2.05) is 66.7 Å². The van der Waals surface area contributed by atoms with E-state index < -0.39 is 0 Å². The first-order valence-corrected chi connectivity index (χ1v) is 8.61. The van der Waals surface area contributed by atoms with Crippen molar-refractivity contribution in [3.63, 3.8) is 0 Å². The number of benzene rings is 3. The summed E-state index contributed by atoms with van der Waals surface area (Å²) in [5.74, 6) is -0.192. The summed E-state index contributed by atoms with van der Waals surface area (Å²) < 4.78 is 0. The first-order valence-electron chi connectivity index (χ1n) is 8.23. The maximum Gasteiger partial charge on any atom is 0.256 e. The van der Waals surface area contributed by atoms with Crippen molar-refractivity contribution in [1.82, 2.24) is 4.98 Å². The minimum atomic E-state index is -0.192. The highest BCUT2D eigenvalue weighted by atomic mass is 35.5. The lowest BCUT2D eigenvalue weighted by molar-refractivity contribution is 0.102. The number of nitrogens with zero attached hydrogens (tertiary/aromatic N) is 1. The van der Waals surface area contributed by atoms with Gasteiger partial charge in [0.1, 0.15) is 0 Å². The zero-order valence-electron chi connectivity index (χ0n) is 13.8. The fourth-order valence-electron chi connectivity index (χ4n) is 2.88. The number of carbonyl (C=O) groups is 1. The normalized spacial score (nSPS) is 10.7. The number of aromatic nitrogens is 1. The number of anilines is 1. The SMILES string of the molecule is O=C(Nc1cccc(Cl)c1)c1cc(-c2ccccc2)nc2ccccc12. The summed E-state index contributed by atoms with van der Waals surface area (Å²) in [6.45, 7) is 0. The van der Waals surface area contributed by atoms with Crippen LogP contribution in [0.1, 0.15) is 10.4 Å². The van der Waals surface area contributed by atoms with Crippen molar-refractivity contribution in [2.24, 2.45) is 0 Å². The lowest BCUT2D eigenvalue weighted by atomic mass is 10.0. The standard InChI is InChI=1S/C22H15ClN2O/c23-16-9-6-10-17(13-16)24-22(26)19-14-21(15-7-2-1-3-8-15)25-20-12-5-4-11-18(19)20/h1-14H,(H,24,26). The molecule has 0 aliphatic heterocycles. The monoisotopic (exact) mass is 358 g/mol. The first kappa shape index (κ1) is 16.3. The highest BCUT2D eigenvalue weighted by Gasteiger charge is 2.14. The Morgan fingerprint density at radius 2 is 1.62 bits per heavy atom. The van der Waals surface area contributed by atoms with Gasteiger partial charge in [0.25, 0.3) is 5.91 Å². The molecule has 0 spiro atoms. The van der Waals surface area contributed by atoms with Crippen LogP contribution in [0, 0.1) is 0 Å². The fraction of sp³-hybridized carbons (Fsp3) is 0. The van der Waals surface area contributed by atoms with E-state index in [0.29, 0.717) is 16.3 Å². The number of hydrogen-bond donors (Lipinski definition) is 1. The van der Waals surface area contributed by atoms with Crippen molar-refractivity contribution in [1.29, 1.82) is 0 Å². The van der Waals surface area contributed by atoms with Crippen LogP contribution < -0.4 is 5.32 Å². The maximum absolute atomic E-state index is 12.9. The van der Waals surface area contributed by atoms with Gasteiger partial charge in [-0.05, 0) is 30.3 Å². The Labute approximate surface area is 156 Å². The summed E-state index contributed by atoms with van der Waals surface area (Å²) in [6, 6.07) is 26.4. The Morgan fingerprint density at radius 3 is 2.42 bits per heavy atom. The molecule has 0 saturated carbocycles. The summed E-state index contributed by atoms with van der Waals surface area (Å²) in [6.07, 6.45) is 0. The number of halogens is 1. The highest BCUT2D eigenvalue weighted by molar-refractivity contribution is 6.31. The molecule has 0 fully saturated rings. The smallest absolute Gasteiger partial charge is 0.256 e. The Hall–Kier alpha value is -3.17. The minimum absolute atomic E-state index is 0.192. The van der Waals surface area contributed by atoms with Crippen molar-refractivity contribution in [3.05, 3.63) is 95.5 Å². The van der Waals surface area contributed by atoms with Crippen LogP contribution in [-0.4, -0.2) is 10.9 Å². The summed E-state index contributed by atoms with van der Waals surface area (Å²) in [5, 5.41) is 4.31. The zero-order chi connectivity index (χ0) is 17.9. The van der Waals surface area contributed by atoms with Crippen molar-refractivity contribution < 1.29 is 4.79 Å². The summed E-state index contributed by atoms with van der Waals surface area (Å²) in [7, 11) is 0. The van der Waals surface area contributed by atoms with E-state index in [0.717, 1.165) is 22.2 Å². The molecule has 0 atom stereocenters. The van der Waals surface area contributed by atoms with Crippen molar-refractivity contribution in [2.75, 3.05) is 5.32 Å². The lowest BCUT2D eigenvalue weighted by Gasteiger charge is -2.11. The van der Waals surface area contributed by atoms with Gasteiger partial charge in [-0.15, -0.1) is 0 Å². The van der Waals surface area contributed by atoms with E-state index in [2.05, 4.69) is 5.32 Å². The van der Waals surface area contributed by atoms with Crippen molar-refractivity contribution in [2.45, 2.75) is 0 Å². The second kappa shape index (κ2) is 6.98. The number of pyridine rings is 1. The molecular weight excluding hydrogens is 344 g/mol. The maximum atomic E-state index is 12.9. The molecule has 0 unspecified atom stereocenters. The molecule has 4 heteroatoms. The van der Waals surface area contributed by atoms with Crippen LogP contribution in [0.15, 0.2) is 84.9 Å². The van der Waals surface area contributed by atoms with Gasteiger partial charge in [-0.25, -0.2) is 4.98 Å². The number of rotatable bonds is 3. The number of carbonyl (C=O) groups excluding carboxylic acids is 1. The summed E-state index contributed by atoms with van der Waals surface area (Å²) >= 11 is 6.01. The first-order chi connectivity index (χ1) is 12.7. The molecule has 0 bridgehead atoms. The Kier molecular flexibility index (Phi) is 4.38. The molecule has 0 radical (unpaired) electrons. The molecule has 1 amide bonds. The molecule has 3 nitrogen and oxygen atoms in total. The third kappa shape index (κ3) is 3.30.